The van der Waals surface area contributed by atoms with Gasteiger partial charge in [0.1, 0.15) is 0 Å². The maximum absolute atomic E-state index is 0. The third-order valence-electron chi connectivity index (χ3n) is 0. The molecule has 6 heavy (non-hydrogen) atoms. The summed E-state index contributed by atoms with van der Waals surface area (Å²) in [6, 6.07) is 0. The second-order valence-electron chi connectivity index (χ2n) is 0. The van der Waals surface area contributed by atoms with Gasteiger partial charge in [0.05, 0.1) is 0 Å². The number of hydrogen-bond donors (Lipinski definition) is 0. The Kier molecular flexibility index (Phi) is 2340. The van der Waals surface area contributed by atoms with Crippen molar-refractivity contribution in [1.29, 1.82) is 0 Å². The van der Waals surface area contributed by atoms with E-state index in [1.807, 2.05) is 0 Å². The summed E-state index contributed by atoms with van der Waals surface area (Å²) in [6.07, 6.45) is 0. The number of hydrogen-bond acceptors (Lipinski definition) is 0. The quantitative estimate of drug-likeness (QED) is 0.497. The molecular formula is CoFe2O3. The molecule has 43 valence electrons. The average Bonchev–Trinajstić information content (AvgIpc) is 0. The molecule has 0 fully saturated rings. The van der Waals surface area contributed by atoms with Gasteiger partial charge in [0, 0.05) is 0 Å². The van der Waals surface area contributed by atoms with Crippen molar-refractivity contribution in [2.45, 2.75) is 0 Å². The van der Waals surface area contributed by atoms with Crippen LogP contribution >= 0.6 is 0 Å². The van der Waals surface area contributed by atoms with E-state index in [4.69, 9.17) is 0 Å². The van der Waals surface area contributed by atoms with Crippen LogP contribution in [0.15, 0.2) is 0 Å². The summed E-state index contributed by atoms with van der Waals surface area (Å²) < 4.78 is 0. The Morgan fingerprint density at radius 2 is 0.500 bits per heavy atom. The Bertz CT molecular complexity index is 8.75. The fourth-order valence-electron chi connectivity index (χ4n) is 0. The molecule has 0 heterocycles. The summed E-state index contributed by atoms with van der Waals surface area (Å²) in [5, 5.41) is 0. The Morgan fingerprint density at radius 3 is 0.500 bits per heavy atom. The third-order valence-corrected chi connectivity index (χ3v) is 0. The van der Waals surface area contributed by atoms with Gasteiger partial charge in [0.15, 0.2) is 0 Å². The molecule has 6 heteroatoms. The molecule has 0 aliphatic heterocycles. The van der Waals surface area contributed by atoms with E-state index < -0.39 is 0 Å². The molecule has 0 N–H and O–H groups in total. The normalized spacial score (nSPS) is 0. The summed E-state index contributed by atoms with van der Waals surface area (Å²) in [5.74, 6) is 0. The predicted octanol–water partition coefficient (Wildman–Crippen LogP) is -0.364. The van der Waals surface area contributed by atoms with Crippen LogP contribution in [0, 0.1) is 0 Å². The van der Waals surface area contributed by atoms with E-state index in [1.165, 1.54) is 0 Å². The summed E-state index contributed by atoms with van der Waals surface area (Å²) in [5.41, 5.74) is 0. The van der Waals surface area contributed by atoms with Gasteiger partial charge in [-0.05, 0) is 0 Å². The number of rotatable bonds is 0. The van der Waals surface area contributed by atoms with Crippen molar-refractivity contribution in [2.75, 3.05) is 0 Å². The van der Waals surface area contributed by atoms with Gasteiger partial charge in [-0.1, -0.05) is 0 Å². The van der Waals surface area contributed by atoms with Gasteiger partial charge in [0.25, 0.3) is 0 Å². The molecule has 0 bridgehead atoms. The zero-order chi connectivity index (χ0) is 0. The van der Waals surface area contributed by atoms with Crippen LogP contribution in [0.25, 0.3) is 0 Å². The first-order valence-electron chi connectivity index (χ1n) is 0. The molecule has 1 radical (unpaired) electrons. The Hall–Kier alpha value is 1.43. The van der Waals surface area contributed by atoms with Crippen LogP contribution < -0.4 is 0 Å². The van der Waals surface area contributed by atoms with Gasteiger partial charge < -0.3 is 16.4 Å². The van der Waals surface area contributed by atoms with Crippen LogP contribution in [0.4, 0.5) is 0 Å². The Morgan fingerprint density at radius 1 is 0.500 bits per heavy atom. The molecule has 0 rings (SSSR count). The van der Waals surface area contributed by atoms with Gasteiger partial charge in [-0.3, -0.25) is 0 Å². The molecule has 0 atom stereocenters. The fraction of sp³-hybridized carbons (Fsp3) is 0. The Labute approximate surface area is 67.3 Å². The summed E-state index contributed by atoms with van der Waals surface area (Å²) in [7, 11) is 0. The molecule has 0 amide bonds. The fourth-order valence-corrected chi connectivity index (χ4v) is 0. The van der Waals surface area contributed by atoms with Crippen LogP contribution in [0.1, 0.15) is 0 Å². The van der Waals surface area contributed by atoms with Crippen LogP contribution in [-0.4, -0.2) is 0 Å². The molecule has 0 aromatic carbocycles. The summed E-state index contributed by atoms with van der Waals surface area (Å²) in [6.45, 7) is 0. The van der Waals surface area contributed by atoms with Gasteiger partial charge in [-0.2, -0.15) is 0 Å². The molecule has 0 unspecified atom stereocenters. The minimum absolute atomic E-state index is 0. The molecule has 0 spiro atoms. The van der Waals surface area contributed by atoms with E-state index in [0.29, 0.717) is 0 Å². The van der Waals surface area contributed by atoms with Gasteiger partial charge in [-0.15, -0.1) is 0 Å². The van der Waals surface area contributed by atoms with Crippen LogP contribution in [0.5, 0.6) is 0 Å². The largest absolute Gasteiger partial charge is 2.00 e. The zero-order valence-corrected chi connectivity index (χ0v) is 5.51. The van der Waals surface area contributed by atoms with Crippen molar-refractivity contribution in [2.24, 2.45) is 0 Å². The molecule has 0 aromatic rings. The second kappa shape index (κ2) is 93.1. The van der Waals surface area contributed by atoms with Crippen molar-refractivity contribution in [3.05, 3.63) is 0 Å². The molecule has 0 aromatic heterocycles. The maximum Gasteiger partial charge on any atom is 2.00 e. The first kappa shape index (κ1) is 151. The minimum Gasteiger partial charge on any atom is -2.00 e. The molecule has 0 saturated heterocycles. The standard InChI is InChI=1S/Co.2Fe.3O/q3*+2;3*-2. The zero-order valence-electron chi connectivity index (χ0n) is 2.27. The SMILES string of the molecule is [Co+2].[Fe+2].[Fe+2].[O-2].[O-2].[O-2]. The van der Waals surface area contributed by atoms with Crippen LogP contribution in [0.3, 0.4) is 0 Å². The summed E-state index contributed by atoms with van der Waals surface area (Å²) >= 11 is 0. The third kappa shape index (κ3) is 52.3. The van der Waals surface area contributed by atoms with E-state index in [1.54, 1.807) is 0 Å². The van der Waals surface area contributed by atoms with Gasteiger partial charge >= 0.3 is 50.9 Å². The molecular weight excluding hydrogens is 219 g/mol. The Balaban J connectivity index is 0. The summed E-state index contributed by atoms with van der Waals surface area (Å²) in [4.78, 5) is 0. The predicted molar refractivity (Wildman–Crippen MR) is 2.06 cm³/mol. The van der Waals surface area contributed by atoms with E-state index in [0.717, 1.165) is 0 Å². The second-order valence-corrected chi connectivity index (χ2v) is 0. The van der Waals surface area contributed by atoms with Gasteiger partial charge in [-0.25, -0.2) is 0 Å². The van der Waals surface area contributed by atoms with Crippen molar-refractivity contribution in [1.82, 2.24) is 0 Å². The minimum atomic E-state index is 0. The first-order chi connectivity index (χ1) is 0. The van der Waals surface area contributed by atoms with Crippen molar-refractivity contribution in [3.8, 4) is 0 Å². The molecule has 3 nitrogen and oxygen atoms in total. The first-order valence-corrected chi connectivity index (χ1v) is 0. The molecule has 0 saturated carbocycles. The smallest absolute Gasteiger partial charge is 2.00 e. The van der Waals surface area contributed by atoms with E-state index in [2.05, 4.69) is 0 Å². The van der Waals surface area contributed by atoms with E-state index >= 15 is 0 Å². The van der Waals surface area contributed by atoms with Crippen LogP contribution in [0.2, 0.25) is 0 Å². The van der Waals surface area contributed by atoms with Gasteiger partial charge in [0.2, 0.25) is 0 Å². The monoisotopic (exact) mass is 219 g/mol. The topological polar surface area (TPSA) is 85.5 Å². The van der Waals surface area contributed by atoms with Crippen molar-refractivity contribution in [3.63, 3.8) is 0 Å². The van der Waals surface area contributed by atoms with E-state index in [9.17, 15) is 0 Å². The average molecular weight is 219 g/mol. The maximum atomic E-state index is 0. The van der Waals surface area contributed by atoms with Crippen molar-refractivity contribution < 1.29 is 67.3 Å². The van der Waals surface area contributed by atoms with E-state index in [-0.39, 0.29) is 67.3 Å². The van der Waals surface area contributed by atoms with Crippen molar-refractivity contribution >= 4 is 0 Å². The molecule has 0 aliphatic rings. The van der Waals surface area contributed by atoms with Crippen LogP contribution in [-0.2, 0) is 67.3 Å². The molecule has 0 aliphatic carbocycles.